The topological polar surface area (TPSA) is 57.0 Å². The first-order valence-corrected chi connectivity index (χ1v) is 10.7. The standard InChI is InChI=1S/C24H33N3O2/c1-4-19-9-11-20(12-10-19)24(18(2)3)25-23(29)17-26-13-15-27(16-14-26)21-7-5-6-8-22(21)28/h5-12,18,24,28H,4,13-17H2,1-3H3,(H,25,29)/p+1/t24-/m1/s1. The van der Waals surface area contributed by atoms with Gasteiger partial charge in [-0.3, -0.25) is 4.79 Å². The number of para-hydroxylation sites is 2. The summed E-state index contributed by atoms with van der Waals surface area (Å²) in [5, 5.41) is 13.3. The van der Waals surface area contributed by atoms with Gasteiger partial charge in [-0.25, -0.2) is 0 Å². The van der Waals surface area contributed by atoms with Crippen LogP contribution >= 0.6 is 0 Å². The van der Waals surface area contributed by atoms with Crippen LogP contribution in [0.3, 0.4) is 0 Å². The SMILES string of the molecule is CCc1ccc([C@H](NC(=O)C[NH+]2CCN(c3ccccc3O)CC2)C(C)C)cc1. The van der Waals surface area contributed by atoms with Crippen LogP contribution in [0.1, 0.15) is 37.9 Å². The number of carbonyl (C=O) groups is 1. The normalized spacial score (nSPS) is 16.1. The number of carbonyl (C=O) groups excluding carboxylic acids is 1. The molecule has 0 unspecified atom stereocenters. The minimum Gasteiger partial charge on any atom is -0.506 e. The second-order valence-corrected chi connectivity index (χ2v) is 8.29. The molecule has 0 spiro atoms. The number of rotatable bonds is 7. The zero-order valence-electron chi connectivity index (χ0n) is 17.8. The highest BCUT2D eigenvalue weighted by Crippen LogP contribution is 2.26. The van der Waals surface area contributed by atoms with Crippen LogP contribution in [-0.4, -0.2) is 43.7 Å². The molecule has 0 saturated carbocycles. The van der Waals surface area contributed by atoms with Crippen LogP contribution in [0.4, 0.5) is 5.69 Å². The van der Waals surface area contributed by atoms with E-state index in [2.05, 4.69) is 55.3 Å². The summed E-state index contributed by atoms with van der Waals surface area (Å²) < 4.78 is 0. The van der Waals surface area contributed by atoms with Crippen molar-refractivity contribution in [3.63, 3.8) is 0 Å². The lowest BCUT2D eigenvalue weighted by molar-refractivity contribution is -0.892. The van der Waals surface area contributed by atoms with Crippen molar-refractivity contribution in [2.75, 3.05) is 37.6 Å². The summed E-state index contributed by atoms with van der Waals surface area (Å²) in [6.45, 7) is 10.4. The van der Waals surface area contributed by atoms with Gasteiger partial charge in [-0.2, -0.15) is 0 Å². The van der Waals surface area contributed by atoms with Crippen LogP contribution in [0.15, 0.2) is 48.5 Å². The van der Waals surface area contributed by atoms with Gasteiger partial charge < -0.3 is 20.2 Å². The fourth-order valence-electron chi connectivity index (χ4n) is 4.02. The molecule has 3 rings (SSSR count). The molecule has 1 heterocycles. The second kappa shape index (κ2) is 9.79. The number of hydrogen-bond donors (Lipinski definition) is 3. The minimum atomic E-state index is 0.0374. The van der Waals surface area contributed by atoms with E-state index in [-0.39, 0.29) is 11.9 Å². The van der Waals surface area contributed by atoms with E-state index in [4.69, 9.17) is 0 Å². The average Bonchev–Trinajstić information content (AvgIpc) is 2.73. The number of phenols is 1. The van der Waals surface area contributed by atoms with Gasteiger partial charge in [0.25, 0.3) is 5.91 Å². The van der Waals surface area contributed by atoms with E-state index in [1.807, 2.05) is 18.2 Å². The van der Waals surface area contributed by atoms with E-state index in [1.165, 1.54) is 16.0 Å². The second-order valence-electron chi connectivity index (χ2n) is 8.29. The van der Waals surface area contributed by atoms with Crippen LogP contribution in [0.2, 0.25) is 0 Å². The maximum atomic E-state index is 12.7. The molecule has 1 atom stereocenters. The number of aryl methyl sites for hydroxylation is 1. The Morgan fingerprint density at radius 2 is 1.76 bits per heavy atom. The first-order chi connectivity index (χ1) is 14.0. The Balaban J connectivity index is 1.53. The Morgan fingerprint density at radius 3 is 2.34 bits per heavy atom. The lowest BCUT2D eigenvalue weighted by Gasteiger charge is -2.34. The van der Waals surface area contributed by atoms with Crippen molar-refractivity contribution in [2.45, 2.75) is 33.2 Å². The number of aromatic hydroxyl groups is 1. The summed E-state index contributed by atoms with van der Waals surface area (Å²) in [7, 11) is 0. The molecule has 0 bridgehead atoms. The molecule has 1 amide bonds. The van der Waals surface area contributed by atoms with Crippen LogP contribution in [0.25, 0.3) is 0 Å². The summed E-state index contributed by atoms with van der Waals surface area (Å²) in [5.74, 6) is 0.760. The smallest absolute Gasteiger partial charge is 0.275 e. The molecular weight excluding hydrogens is 362 g/mol. The maximum absolute atomic E-state index is 12.7. The Bertz CT molecular complexity index is 796. The zero-order valence-corrected chi connectivity index (χ0v) is 17.8. The van der Waals surface area contributed by atoms with Gasteiger partial charge >= 0.3 is 0 Å². The number of anilines is 1. The van der Waals surface area contributed by atoms with E-state index in [1.54, 1.807) is 6.07 Å². The average molecular weight is 397 g/mol. The van der Waals surface area contributed by atoms with E-state index in [0.29, 0.717) is 18.2 Å². The molecule has 29 heavy (non-hydrogen) atoms. The number of amides is 1. The van der Waals surface area contributed by atoms with Crippen molar-refractivity contribution >= 4 is 11.6 Å². The number of phenolic OH excluding ortho intramolecular Hbond substituents is 1. The van der Waals surface area contributed by atoms with Crippen molar-refractivity contribution < 1.29 is 14.8 Å². The van der Waals surface area contributed by atoms with Crippen molar-refractivity contribution in [3.05, 3.63) is 59.7 Å². The molecule has 156 valence electrons. The summed E-state index contributed by atoms with van der Waals surface area (Å²) in [4.78, 5) is 16.2. The predicted molar refractivity (Wildman–Crippen MR) is 117 cm³/mol. The first kappa shape index (κ1) is 21.2. The number of hydrogen-bond acceptors (Lipinski definition) is 3. The van der Waals surface area contributed by atoms with E-state index >= 15 is 0 Å². The van der Waals surface area contributed by atoms with Gasteiger partial charge in [0.2, 0.25) is 0 Å². The van der Waals surface area contributed by atoms with Gasteiger partial charge in [-0.15, -0.1) is 0 Å². The molecule has 0 radical (unpaired) electrons. The Labute approximate surface area is 174 Å². The minimum absolute atomic E-state index is 0.0374. The van der Waals surface area contributed by atoms with Crippen LogP contribution in [-0.2, 0) is 11.2 Å². The number of nitrogens with zero attached hydrogens (tertiary/aromatic N) is 1. The van der Waals surface area contributed by atoms with Gasteiger partial charge in [0, 0.05) is 0 Å². The number of piperazine rings is 1. The maximum Gasteiger partial charge on any atom is 0.275 e. The fourth-order valence-corrected chi connectivity index (χ4v) is 4.02. The van der Waals surface area contributed by atoms with Crippen molar-refractivity contribution in [2.24, 2.45) is 5.92 Å². The van der Waals surface area contributed by atoms with Crippen LogP contribution < -0.4 is 15.1 Å². The van der Waals surface area contributed by atoms with E-state index in [0.717, 1.165) is 38.3 Å². The van der Waals surface area contributed by atoms with Crippen LogP contribution in [0.5, 0.6) is 5.75 Å². The number of benzene rings is 2. The molecule has 1 saturated heterocycles. The lowest BCUT2D eigenvalue weighted by atomic mass is 9.95. The summed E-state index contributed by atoms with van der Waals surface area (Å²) >= 11 is 0. The molecule has 1 aliphatic heterocycles. The van der Waals surface area contributed by atoms with Gasteiger partial charge in [0.15, 0.2) is 6.54 Å². The van der Waals surface area contributed by atoms with Crippen molar-refractivity contribution in [1.29, 1.82) is 0 Å². The van der Waals surface area contributed by atoms with Gasteiger partial charge in [-0.05, 0) is 35.6 Å². The highest BCUT2D eigenvalue weighted by molar-refractivity contribution is 5.77. The lowest BCUT2D eigenvalue weighted by Crippen LogP contribution is -3.16. The molecule has 3 N–H and O–H groups in total. The molecule has 0 aliphatic carbocycles. The van der Waals surface area contributed by atoms with Gasteiger partial charge in [-0.1, -0.05) is 57.2 Å². The van der Waals surface area contributed by atoms with Gasteiger partial charge in [0.05, 0.1) is 37.9 Å². The van der Waals surface area contributed by atoms with Crippen molar-refractivity contribution in [3.8, 4) is 5.75 Å². The molecule has 1 aliphatic rings. The summed E-state index contributed by atoms with van der Waals surface area (Å²) in [6.07, 6.45) is 1.02. The Kier molecular flexibility index (Phi) is 7.15. The zero-order chi connectivity index (χ0) is 20.8. The van der Waals surface area contributed by atoms with E-state index in [9.17, 15) is 9.90 Å². The third-order valence-corrected chi connectivity index (χ3v) is 5.83. The van der Waals surface area contributed by atoms with E-state index < -0.39 is 0 Å². The Morgan fingerprint density at radius 1 is 1.10 bits per heavy atom. The summed E-state index contributed by atoms with van der Waals surface area (Å²) in [5.41, 5.74) is 3.37. The molecule has 2 aromatic rings. The van der Waals surface area contributed by atoms with Gasteiger partial charge in [0.1, 0.15) is 5.75 Å². The number of nitrogens with one attached hydrogen (secondary N) is 2. The molecule has 5 nitrogen and oxygen atoms in total. The monoisotopic (exact) mass is 396 g/mol. The summed E-state index contributed by atoms with van der Waals surface area (Å²) in [6, 6.07) is 16.1. The third kappa shape index (κ3) is 5.51. The molecule has 2 aromatic carbocycles. The molecular formula is C24H34N3O2+. The van der Waals surface area contributed by atoms with Crippen molar-refractivity contribution in [1.82, 2.24) is 5.32 Å². The molecule has 0 aromatic heterocycles. The van der Waals surface area contributed by atoms with Crippen LogP contribution in [0, 0.1) is 5.92 Å². The quantitative estimate of drug-likeness (QED) is 0.672. The fraction of sp³-hybridized carbons (Fsp3) is 0.458. The highest BCUT2D eigenvalue weighted by atomic mass is 16.3. The Hall–Kier alpha value is -2.53. The molecule has 5 heteroatoms. The molecule has 1 fully saturated rings. The predicted octanol–water partition coefficient (Wildman–Crippen LogP) is 2.17. The largest absolute Gasteiger partial charge is 0.506 e. The number of quaternary nitrogens is 1. The highest BCUT2D eigenvalue weighted by Gasteiger charge is 2.25. The third-order valence-electron chi connectivity index (χ3n) is 5.83. The first-order valence-electron chi connectivity index (χ1n) is 10.7.